The summed E-state index contributed by atoms with van der Waals surface area (Å²) >= 11 is 0. The van der Waals surface area contributed by atoms with Gasteiger partial charge in [0, 0.05) is 13.1 Å². The van der Waals surface area contributed by atoms with E-state index in [2.05, 4.69) is 120 Å². The molecule has 5 heteroatoms. The van der Waals surface area contributed by atoms with Gasteiger partial charge in [0.1, 0.15) is 12.2 Å². The Kier molecular flexibility index (Phi) is 11.8. The summed E-state index contributed by atoms with van der Waals surface area (Å²) in [5.41, 5.74) is 5.76. The van der Waals surface area contributed by atoms with Gasteiger partial charge in [-0.1, -0.05) is 152 Å². The molecule has 0 aromatic heterocycles. The van der Waals surface area contributed by atoms with E-state index in [0.717, 1.165) is 28.8 Å². The van der Waals surface area contributed by atoms with Gasteiger partial charge < -0.3 is 18.9 Å². The molecule has 5 nitrogen and oxygen atoms in total. The van der Waals surface area contributed by atoms with Crippen molar-refractivity contribution in [1.29, 1.82) is 0 Å². The molecule has 0 saturated carbocycles. The molecule has 5 aromatic carbocycles. The highest BCUT2D eigenvalue weighted by atomic mass is 16.6. The first-order valence-electron chi connectivity index (χ1n) is 16.2. The topological polar surface area (TPSA) is 40.2 Å². The number of hydrogen-bond donors (Lipinski definition) is 0. The van der Waals surface area contributed by atoms with E-state index in [4.69, 9.17) is 18.9 Å². The molecular formula is C41H43NO4. The Balaban J connectivity index is 1.31. The van der Waals surface area contributed by atoms with Gasteiger partial charge in [-0.2, -0.15) is 0 Å². The molecule has 46 heavy (non-hydrogen) atoms. The number of rotatable bonds is 15. The lowest BCUT2D eigenvalue weighted by molar-refractivity contribution is -0.212. The van der Waals surface area contributed by atoms with Gasteiger partial charge in [-0.15, -0.1) is 0 Å². The minimum Gasteiger partial charge on any atom is -0.375 e. The predicted octanol–water partition coefficient (Wildman–Crippen LogP) is 7.84. The van der Waals surface area contributed by atoms with Crippen LogP contribution in [0.2, 0.25) is 0 Å². The summed E-state index contributed by atoms with van der Waals surface area (Å²) in [6.45, 7) is 3.90. The van der Waals surface area contributed by atoms with E-state index in [1.807, 2.05) is 36.4 Å². The van der Waals surface area contributed by atoms with Crippen molar-refractivity contribution in [1.82, 2.24) is 4.90 Å². The molecule has 1 heterocycles. The summed E-state index contributed by atoms with van der Waals surface area (Å²) in [5, 5.41) is 0. The molecule has 5 aromatic rings. The van der Waals surface area contributed by atoms with Crippen LogP contribution in [-0.2, 0) is 51.9 Å². The lowest BCUT2D eigenvalue weighted by Crippen LogP contribution is -2.64. The molecule has 6 rings (SSSR count). The summed E-state index contributed by atoms with van der Waals surface area (Å²) in [6.07, 6.45) is -0.846. The van der Waals surface area contributed by atoms with E-state index in [-0.39, 0.29) is 24.4 Å². The normalized spacial score (nSPS) is 20.0. The van der Waals surface area contributed by atoms with Crippen LogP contribution in [0.1, 0.15) is 27.8 Å². The molecule has 0 aliphatic carbocycles. The van der Waals surface area contributed by atoms with Crippen LogP contribution in [0.3, 0.4) is 0 Å². The Hall–Kier alpha value is -4.10. The predicted molar refractivity (Wildman–Crippen MR) is 182 cm³/mol. The van der Waals surface area contributed by atoms with Crippen molar-refractivity contribution >= 4 is 0 Å². The Labute approximate surface area is 273 Å². The van der Waals surface area contributed by atoms with Crippen molar-refractivity contribution in [3.8, 4) is 0 Å². The second-order valence-corrected chi connectivity index (χ2v) is 11.8. The zero-order chi connectivity index (χ0) is 31.2. The van der Waals surface area contributed by atoms with E-state index >= 15 is 0 Å². The molecule has 0 unspecified atom stereocenters. The number of hydrogen-bond acceptors (Lipinski definition) is 5. The van der Waals surface area contributed by atoms with Crippen LogP contribution in [-0.4, -0.2) is 42.4 Å². The summed E-state index contributed by atoms with van der Waals surface area (Å²) in [6, 6.07) is 51.9. The molecule has 1 aliphatic heterocycles. The Morgan fingerprint density at radius 3 is 1.30 bits per heavy atom. The number of ether oxygens (including phenoxy) is 4. The molecule has 0 bridgehead atoms. The van der Waals surface area contributed by atoms with Crippen molar-refractivity contribution < 1.29 is 18.9 Å². The lowest BCUT2D eigenvalue weighted by Gasteiger charge is -2.48. The largest absolute Gasteiger partial charge is 0.375 e. The maximum absolute atomic E-state index is 6.91. The first kappa shape index (κ1) is 31.9. The minimum absolute atomic E-state index is 0.0648. The van der Waals surface area contributed by atoms with Gasteiger partial charge in [0.25, 0.3) is 0 Å². The van der Waals surface area contributed by atoms with Crippen LogP contribution in [0, 0.1) is 0 Å². The van der Waals surface area contributed by atoms with E-state index in [0.29, 0.717) is 39.6 Å². The van der Waals surface area contributed by atoms with E-state index in [1.54, 1.807) is 0 Å². The molecule has 0 N–H and O–H groups in total. The summed E-state index contributed by atoms with van der Waals surface area (Å²) < 4.78 is 27.0. The molecule has 1 saturated heterocycles. The molecule has 1 fully saturated rings. The molecular weight excluding hydrogens is 570 g/mol. The SMILES string of the molecule is c1ccc(COC[C@@H]2[C@@H](OCc3ccccc3)[C@@H](OCc3ccccc3)[C@H](OCc3ccccc3)CN2Cc2ccccc2)cc1. The molecule has 0 radical (unpaired) electrons. The number of nitrogens with zero attached hydrogens (tertiary/aromatic N) is 1. The summed E-state index contributed by atoms with van der Waals surface area (Å²) in [4.78, 5) is 2.47. The second-order valence-electron chi connectivity index (χ2n) is 11.8. The zero-order valence-electron chi connectivity index (χ0n) is 26.3. The maximum atomic E-state index is 6.91. The van der Waals surface area contributed by atoms with Crippen LogP contribution < -0.4 is 0 Å². The Bertz CT molecular complexity index is 1530. The molecule has 0 amide bonds. The van der Waals surface area contributed by atoms with Crippen molar-refractivity contribution in [3.63, 3.8) is 0 Å². The van der Waals surface area contributed by atoms with E-state index < -0.39 is 0 Å². The maximum Gasteiger partial charge on any atom is 0.113 e. The monoisotopic (exact) mass is 613 g/mol. The molecule has 1 aliphatic rings. The standard InChI is InChI=1S/C41H43NO4/c1-6-16-33(17-7-1)26-42-27-39(44-29-35-20-10-3-11-21-35)41(46-31-37-24-14-5-15-25-37)40(45-30-36-22-12-4-13-23-36)38(42)32-43-28-34-18-8-2-9-19-34/h1-25,38-41H,26-32H2/t38-,39-,40-,41+/m1/s1. The summed E-state index contributed by atoms with van der Waals surface area (Å²) in [5.74, 6) is 0. The van der Waals surface area contributed by atoms with Gasteiger partial charge in [-0.3, -0.25) is 4.90 Å². The zero-order valence-corrected chi connectivity index (χ0v) is 26.3. The fraction of sp³-hybridized carbons (Fsp3) is 0.268. The van der Waals surface area contributed by atoms with Crippen molar-refractivity contribution in [2.75, 3.05) is 13.2 Å². The number of piperidine rings is 1. The first-order chi connectivity index (χ1) is 22.8. The lowest BCUT2D eigenvalue weighted by atomic mass is 9.92. The third-order valence-electron chi connectivity index (χ3n) is 8.46. The smallest absolute Gasteiger partial charge is 0.113 e. The van der Waals surface area contributed by atoms with Gasteiger partial charge in [-0.05, 0) is 27.8 Å². The summed E-state index contributed by atoms with van der Waals surface area (Å²) in [7, 11) is 0. The molecule has 4 atom stereocenters. The van der Waals surface area contributed by atoms with Crippen LogP contribution in [0.4, 0.5) is 0 Å². The van der Waals surface area contributed by atoms with Crippen molar-refractivity contribution in [3.05, 3.63) is 179 Å². The van der Waals surface area contributed by atoms with Gasteiger partial charge >= 0.3 is 0 Å². The second kappa shape index (κ2) is 17.0. The number of likely N-dealkylation sites (tertiary alicyclic amines) is 1. The fourth-order valence-corrected chi connectivity index (χ4v) is 6.05. The van der Waals surface area contributed by atoms with Crippen molar-refractivity contribution in [2.45, 2.75) is 57.3 Å². The van der Waals surface area contributed by atoms with E-state index in [9.17, 15) is 0 Å². The highest BCUT2D eigenvalue weighted by Gasteiger charge is 2.46. The molecule has 0 spiro atoms. The Morgan fingerprint density at radius 1 is 0.435 bits per heavy atom. The highest BCUT2D eigenvalue weighted by molar-refractivity contribution is 5.18. The minimum atomic E-state index is -0.315. The van der Waals surface area contributed by atoms with Gasteiger partial charge in [0.15, 0.2) is 0 Å². The van der Waals surface area contributed by atoms with Crippen molar-refractivity contribution in [2.24, 2.45) is 0 Å². The first-order valence-corrected chi connectivity index (χ1v) is 16.2. The third-order valence-corrected chi connectivity index (χ3v) is 8.46. The third kappa shape index (κ3) is 9.23. The number of benzene rings is 5. The van der Waals surface area contributed by atoms with Gasteiger partial charge in [-0.25, -0.2) is 0 Å². The van der Waals surface area contributed by atoms with Gasteiger partial charge in [0.2, 0.25) is 0 Å². The van der Waals surface area contributed by atoms with Crippen LogP contribution >= 0.6 is 0 Å². The highest BCUT2D eigenvalue weighted by Crippen LogP contribution is 2.30. The fourth-order valence-electron chi connectivity index (χ4n) is 6.05. The van der Waals surface area contributed by atoms with Crippen LogP contribution in [0.15, 0.2) is 152 Å². The van der Waals surface area contributed by atoms with Crippen LogP contribution in [0.5, 0.6) is 0 Å². The van der Waals surface area contributed by atoms with Crippen LogP contribution in [0.25, 0.3) is 0 Å². The average molecular weight is 614 g/mol. The van der Waals surface area contributed by atoms with E-state index in [1.165, 1.54) is 5.56 Å². The molecule has 236 valence electrons. The Morgan fingerprint density at radius 2 is 0.826 bits per heavy atom. The average Bonchev–Trinajstić information content (AvgIpc) is 3.12. The van der Waals surface area contributed by atoms with Gasteiger partial charge in [0.05, 0.1) is 45.2 Å². The quantitative estimate of drug-likeness (QED) is 0.120.